The molecule has 0 spiro atoms. The van der Waals surface area contributed by atoms with Crippen molar-refractivity contribution in [1.82, 2.24) is 0 Å². The highest BCUT2D eigenvalue weighted by Gasteiger charge is 2.10. The van der Waals surface area contributed by atoms with Crippen molar-refractivity contribution in [2.45, 2.75) is 6.92 Å². The number of ether oxygens (including phenoxy) is 2. The number of esters is 1. The number of terminal acetylenes is 1. The molecule has 0 atom stereocenters. The maximum Gasteiger partial charge on any atom is 0.339 e. The number of nitrogens with two attached hydrogens (primary N) is 1. The highest BCUT2D eigenvalue weighted by molar-refractivity contribution is 5.90. The Kier molecular flexibility index (Phi) is 4.82. The molecule has 0 aliphatic rings. The van der Waals surface area contributed by atoms with Crippen molar-refractivity contribution in [2.75, 3.05) is 18.9 Å². The Bertz CT molecular complexity index is 500. The van der Waals surface area contributed by atoms with E-state index in [-0.39, 0.29) is 6.61 Å². The molecule has 18 heavy (non-hydrogen) atoms. The molecule has 1 aromatic rings. The zero-order valence-corrected chi connectivity index (χ0v) is 10.2. The van der Waals surface area contributed by atoms with Crippen molar-refractivity contribution in [3.8, 4) is 18.1 Å². The highest BCUT2D eigenvalue weighted by Crippen LogP contribution is 2.23. The van der Waals surface area contributed by atoms with Crippen LogP contribution in [0.3, 0.4) is 0 Å². The molecule has 94 valence electrons. The van der Waals surface area contributed by atoms with Crippen LogP contribution < -0.4 is 10.5 Å². The fraction of sp³-hybridized carbons (Fsp3) is 0.214. The van der Waals surface area contributed by atoms with Crippen LogP contribution in [0.5, 0.6) is 5.75 Å². The number of carbonyl (C=O) groups excluding carboxylic acids is 1. The van der Waals surface area contributed by atoms with Gasteiger partial charge in [-0.05, 0) is 30.7 Å². The maximum absolute atomic E-state index is 11.6. The normalized spacial score (nSPS) is 9.33. The minimum Gasteiger partial charge on any atom is -0.487 e. The summed E-state index contributed by atoms with van der Waals surface area (Å²) in [5.41, 5.74) is 7.39. The van der Waals surface area contributed by atoms with E-state index in [1.807, 2.05) is 6.92 Å². The molecular formula is C14H15NO3. The van der Waals surface area contributed by atoms with Gasteiger partial charge in [0.15, 0.2) is 6.61 Å². The molecule has 0 saturated carbocycles. The van der Waals surface area contributed by atoms with E-state index in [0.29, 0.717) is 23.6 Å². The second kappa shape index (κ2) is 6.36. The Morgan fingerprint density at radius 3 is 2.89 bits per heavy atom. The van der Waals surface area contributed by atoms with Crippen molar-refractivity contribution in [1.29, 1.82) is 0 Å². The zero-order chi connectivity index (χ0) is 13.5. The van der Waals surface area contributed by atoms with Gasteiger partial charge in [-0.2, -0.15) is 0 Å². The van der Waals surface area contributed by atoms with Crippen LogP contribution in [0.2, 0.25) is 0 Å². The average Bonchev–Trinajstić information content (AvgIpc) is 2.34. The van der Waals surface area contributed by atoms with Crippen LogP contribution in [0.15, 0.2) is 30.4 Å². The summed E-state index contributed by atoms with van der Waals surface area (Å²) in [4.78, 5) is 11.6. The van der Waals surface area contributed by atoms with E-state index < -0.39 is 5.97 Å². The van der Waals surface area contributed by atoms with Gasteiger partial charge in [-0.3, -0.25) is 0 Å². The van der Waals surface area contributed by atoms with Gasteiger partial charge >= 0.3 is 5.97 Å². The van der Waals surface area contributed by atoms with Gasteiger partial charge < -0.3 is 15.2 Å². The third kappa shape index (κ3) is 3.87. The van der Waals surface area contributed by atoms with E-state index in [0.717, 1.165) is 5.57 Å². The monoisotopic (exact) mass is 245 g/mol. The third-order valence-corrected chi connectivity index (χ3v) is 2.01. The van der Waals surface area contributed by atoms with E-state index in [9.17, 15) is 4.79 Å². The van der Waals surface area contributed by atoms with Gasteiger partial charge in [-0.15, -0.1) is 6.42 Å². The quantitative estimate of drug-likeness (QED) is 0.373. The molecule has 0 amide bonds. The summed E-state index contributed by atoms with van der Waals surface area (Å²) >= 11 is 0. The minimum atomic E-state index is -0.506. The summed E-state index contributed by atoms with van der Waals surface area (Å²) in [5.74, 6) is 2.14. The molecule has 0 bridgehead atoms. The zero-order valence-electron chi connectivity index (χ0n) is 10.2. The molecule has 2 N–H and O–H groups in total. The van der Waals surface area contributed by atoms with Crippen LogP contribution >= 0.6 is 0 Å². The van der Waals surface area contributed by atoms with Gasteiger partial charge in [0.25, 0.3) is 0 Å². The van der Waals surface area contributed by atoms with Gasteiger partial charge in [0.1, 0.15) is 12.4 Å². The number of nitrogen functional groups attached to an aromatic ring is 1. The molecule has 0 aliphatic carbocycles. The lowest BCUT2D eigenvalue weighted by Gasteiger charge is -2.10. The van der Waals surface area contributed by atoms with Crippen LogP contribution in [0.4, 0.5) is 5.69 Å². The van der Waals surface area contributed by atoms with Crippen LogP contribution in [0.25, 0.3) is 0 Å². The number of rotatable bonds is 5. The lowest BCUT2D eigenvalue weighted by atomic mass is 10.2. The molecule has 4 heteroatoms. The van der Waals surface area contributed by atoms with E-state index >= 15 is 0 Å². The second-order valence-corrected chi connectivity index (χ2v) is 3.78. The summed E-state index contributed by atoms with van der Waals surface area (Å²) in [7, 11) is 0. The van der Waals surface area contributed by atoms with E-state index in [2.05, 4.69) is 12.5 Å². The van der Waals surface area contributed by atoms with Gasteiger partial charge in [0.2, 0.25) is 0 Å². The molecule has 1 rings (SSSR count). The van der Waals surface area contributed by atoms with Gasteiger partial charge in [0, 0.05) is 0 Å². The predicted molar refractivity (Wildman–Crippen MR) is 70.3 cm³/mol. The average molecular weight is 245 g/mol. The number of benzene rings is 1. The number of carbonyl (C=O) groups is 1. The summed E-state index contributed by atoms with van der Waals surface area (Å²) in [6, 6.07) is 4.67. The summed E-state index contributed by atoms with van der Waals surface area (Å²) in [5, 5.41) is 0. The fourth-order valence-electron chi connectivity index (χ4n) is 1.18. The Labute approximate surface area is 106 Å². The van der Waals surface area contributed by atoms with Crippen LogP contribution in [-0.4, -0.2) is 19.2 Å². The third-order valence-electron chi connectivity index (χ3n) is 2.01. The van der Waals surface area contributed by atoms with Crippen LogP contribution in [-0.2, 0) is 4.74 Å². The van der Waals surface area contributed by atoms with Crippen molar-refractivity contribution < 1.29 is 14.3 Å². The summed E-state index contributed by atoms with van der Waals surface area (Å²) < 4.78 is 10.2. The minimum absolute atomic E-state index is 0.0643. The largest absolute Gasteiger partial charge is 0.487 e. The lowest BCUT2D eigenvalue weighted by Crippen LogP contribution is -2.07. The molecule has 0 unspecified atom stereocenters. The standard InChI is InChI=1S/C14H15NO3/c1-4-7-17-14(16)11-5-6-12(15)13(8-11)18-9-10(2)3/h1,5-6,8H,2,7,9,15H2,3H3. The first kappa shape index (κ1) is 13.7. The molecule has 0 aliphatic heterocycles. The van der Waals surface area contributed by atoms with Crippen LogP contribution in [0, 0.1) is 12.3 Å². The number of hydrogen-bond donors (Lipinski definition) is 1. The first-order valence-corrected chi connectivity index (χ1v) is 5.32. The Morgan fingerprint density at radius 1 is 1.56 bits per heavy atom. The molecular weight excluding hydrogens is 230 g/mol. The predicted octanol–water partition coefficient (Wildman–Crippen LogP) is 2.01. The van der Waals surface area contributed by atoms with Gasteiger partial charge in [-0.25, -0.2) is 4.79 Å². The van der Waals surface area contributed by atoms with E-state index in [1.54, 1.807) is 12.1 Å². The molecule has 0 saturated heterocycles. The van der Waals surface area contributed by atoms with Gasteiger partial charge in [0.05, 0.1) is 11.3 Å². The topological polar surface area (TPSA) is 61.5 Å². The smallest absolute Gasteiger partial charge is 0.339 e. The molecule has 4 nitrogen and oxygen atoms in total. The first-order chi connectivity index (χ1) is 8.54. The second-order valence-electron chi connectivity index (χ2n) is 3.78. The number of hydrogen-bond acceptors (Lipinski definition) is 4. The fourth-order valence-corrected chi connectivity index (χ4v) is 1.18. The molecule has 0 aromatic heterocycles. The molecule has 0 radical (unpaired) electrons. The number of anilines is 1. The highest BCUT2D eigenvalue weighted by atomic mass is 16.5. The molecule has 0 fully saturated rings. The Hall–Kier alpha value is -2.41. The summed E-state index contributed by atoms with van der Waals surface area (Å²) in [6.07, 6.45) is 5.01. The first-order valence-electron chi connectivity index (χ1n) is 5.32. The Balaban J connectivity index is 2.83. The van der Waals surface area contributed by atoms with Crippen molar-refractivity contribution in [3.63, 3.8) is 0 Å². The maximum atomic E-state index is 11.6. The van der Waals surface area contributed by atoms with Crippen molar-refractivity contribution in [2.24, 2.45) is 0 Å². The van der Waals surface area contributed by atoms with E-state index in [1.165, 1.54) is 6.07 Å². The van der Waals surface area contributed by atoms with Gasteiger partial charge in [-0.1, -0.05) is 12.5 Å². The molecule has 1 aromatic carbocycles. The summed E-state index contributed by atoms with van der Waals surface area (Å²) in [6.45, 7) is 5.83. The van der Waals surface area contributed by atoms with Crippen molar-refractivity contribution in [3.05, 3.63) is 35.9 Å². The van der Waals surface area contributed by atoms with Crippen LogP contribution in [0.1, 0.15) is 17.3 Å². The lowest BCUT2D eigenvalue weighted by molar-refractivity contribution is 0.0556. The van der Waals surface area contributed by atoms with Crippen molar-refractivity contribution >= 4 is 11.7 Å². The molecule has 0 heterocycles. The Morgan fingerprint density at radius 2 is 2.28 bits per heavy atom. The van der Waals surface area contributed by atoms with E-state index in [4.69, 9.17) is 21.6 Å². The SMILES string of the molecule is C#CCOC(=O)c1ccc(N)c(OCC(=C)C)c1.